The molecule has 4 heteroatoms. The Balaban J connectivity index is 1.77. The third-order valence-electron chi connectivity index (χ3n) is 3.79. The van der Waals surface area contributed by atoms with Crippen LogP contribution < -0.4 is 10.6 Å². The second kappa shape index (κ2) is 5.12. The van der Waals surface area contributed by atoms with Gasteiger partial charge in [-0.05, 0) is 32.6 Å². The lowest BCUT2D eigenvalue weighted by Gasteiger charge is -2.14. The normalized spacial score (nSPS) is 20.1. The number of rotatable bonds is 5. The maximum atomic E-state index is 4.68. The molecule has 1 aromatic rings. The van der Waals surface area contributed by atoms with Gasteiger partial charge in [0.05, 0.1) is 5.69 Å². The summed E-state index contributed by atoms with van der Waals surface area (Å²) in [5.74, 6) is 2.46. The van der Waals surface area contributed by atoms with Gasteiger partial charge in [-0.2, -0.15) is 4.98 Å². The highest BCUT2D eigenvalue weighted by Gasteiger charge is 2.26. The van der Waals surface area contributed by atoms with E-state index in [0.29, 0.717) is 12.0 Å². The summed E-state index contributed by atoms with van der Waals surface area (Å²) < 4.78 is 0. The Hall–Kier alpha value is -1.32. The van der Waals surface area contributed by atoms with E-state index in [1.165, 1.54) is 44.2 Å². The number of nitrogens with zero attached hydrogens (tertiary/aromatic N) is 2. The van der Waals surface area contributed by atoms with Crippen molar-refractivity contribution in [3.63, 3.8) is 0 Å². The summed E-state index contributed by atoms with van der Waals surface area (Å²) in [6.07, 6.45) is 7.75. The molecule has 0 aromatic carbocycles. The van der Waals surface area contributed by atoms with Crippen LogP contribution in [0, 0.1) is 0 Å². The molecule has 0 radical (unpaired) electrons. The maximum absolute atomic E-state index is 4.68. The molecule has 18 heavy (non-hydrogen) atoms. The fourth-order valence-electron chi connectivity index (χ4n) is 2.64. The number of nitrogens with one attached hydrogen (secondary N) is 2. The fraction of sp³-hybridized carbons (Fsp3) is 0.714. The first-order valence-electron chi connectivity index (χ1n) is 7.24. The topological polar surface area (TPSA) is 49.8 Å². The van der Waals surface area contributed by atoms with Crippen LogP contribution in [0.25, 0.3) is 0 Å². The van der Waals surface area contributed by atoms with Crippen molar-refractivity contribution in [1.82, 2.24) is 9.97 Å². The summed E-state index contributed by atoms with van der Waals surface area (Å²) in [7, 11) is 0. The Morgan fingerprint density at radius 3 is 2.61 bits per heavy atom. The van der Waals surface area contributed by atoms with Gasteiger partial charge in [0.25, 0.3) is 0 Å². The Morgan fingerprint density at radius 1 is 1.17 bits per heavy atom. The lowest BCUT2D eigenvalue weighted by molar-refractivity contribution is 0.742. The summed E-state index contributed by atoms with van der Waals surface area (Å²) in [4.78, 5) is 9.24. The van der Waals surface area contributed by atoms with Crippen molar-refractivity contribution in [3.05, 3.63) is 11.8 Å². The van der Waals surface area contributed by atoms with Gasteiger partial charge < -0.3 is 10.6 Å². The molecule has 2 aliphatic rings. The highest BCUT2D eigenvalue weighted by molar-refractivity contribution is 5.44. The van der Waals surface area contributed by atoms with Gasteiger partial charge >= 0.3 is 0 Å². The fourth-order valence-corrected chi connectivity index (χ4v) is 2.64. The van der Waals surface area contributed by atoms with Crippen molar-refractivity contribution in [3.8, 4) is 0 Å². The standard InChI is InChI=1S/C14H22N4/c1-2-15-13-9-12(10-7-8-10)17-14(18-13)16-11-5-3-4-6-11/h9-11H,2-8H2,1H3,(H2,15,16,17,18). The van der Waals surface area contributed by atoms with Gasteiger partial charge in [-0.3, -0.25) is 0 Å². The first-order valence-corrected chi connectivity index (χ1v) is 7.24. The summed E-state index contributed by atoms with van der Waals surface area (Å²) in [6.45, 7) is 3.01. The highest BCUT2D eigenvalue weighted by Crippen LogP contribution is 2.40. The molecule has 2 fully saturated rings. The van der Waals surface area contributed by atoms with E-state index in [1.807, 2.05) is 0 Å². The van der Waals surface area contributed by atoms with Crippen LogP contribution in [-0.2, 0) is 0 Å². The highest BCUT2D eigenvalue weighted by atomic mass is 15.2. The zero-order valence-electron chi connectivity index (χ0n) is 11.1. The zero-order chi connectivity index (χ0) is 12.4. The predicted molar refractivity (Wildman–Crippen MR) is 74.0 cm³/mol. The van der Waals surface area contributed by atoms with E-state index >= 15 is 0 Å². The van der Waals surface area contributed by atoms with Gasteiger partial charge in [0.15, 0.2) is 0 Å². The molecular weight excluding hydrogens is 224 g/mol. The van der Waals surface area contributed by atoms with E-state index < -0.39 is 0 Å². The van der Waals surface area contributed by atoms with Crippen LogP contribution in [0.3, 0.4) is 0 Å². The minimum Gasteiger partial charge on any atom is -0.370 e. The predicted octanol–water partition coefficient (Wildman–Crippen LogP) is 3.14. The Bertz CT molecular complexity index is 408. The van der Waals surface area contributed by atoms with Crippen molar-refractivity contribution in [2.45, 2.75) is 57.4 Å². The maximum Gasteiger partial charge on any atom is 0.225 e. The molecule has 0 amide bonds. The Kier molecular flexibility index (Phi) is 3.35. The lowest BCUT2D eigenvalue weighted by Crippen LogP contribution is -2.17. The van der Waals surface area contributed by atoms with Gasteiger partial charge in [0.2, 0.25) is 5.95 Å². The molecule has 2 N–H and O–H groups in total. The van der Waals surface area contributed by atoms with Crippen LogP contribution >= 0.6 is 0 Å². The average Bonchev–Trinajstić information content (AvgIpc) is 3.09. The smallest absolute Gasteiger partial charge is 0.225 e. The number of hydrogen-bond donors (Lipinski definition) is 2. The molecular formula is C14H22N4. The van der Waals surface area contributed by atoms with Gasteiger partial charge in [0, 0.05) is 24.6 Å². The second-order valence-corrected chi connectivity index (χ2v) is 5.43. The second-order valence-electron chi connectivity index (χ2n) is 5.43. The lowest BCUT2D eigenvalue weighted by atomic mass is 10.2. The molecule has 1 heterocycles. The minimum atomic E-state index is 0.578. The first kappa shape index (κ1) is 11.8. The molecule has 4 nitrogen and oxygen atoms in total. The van der Waals surface area contributed by atoms with Crippen LogP contribution in [0.4, 0.5) is 11.8 Å². The third kappa shape index (κ3) is 2.74. The van der Waals surface area contributed by atoms with Crippen LogP contribution in [0.15, 0.2) is 6.07 Å². The molecule has 0 bridgehead atoms. The molecule has 2 saturated carbocycles. The Morgan fingerprint density at radius 2 is 1.94 bits per heavy atom. The molecule has 2 aliphatic carbocycles. The number of hydrogen-bond acceptors (Lipinski definition) is 4. The van der Waals surface area contributed by atoms with Gasteiger partial charge in [-0.15, -0.1) is 0 Å². The number of aromatic nitrogens is 2. The van der Waals surface area contributed by atoms with E-state index in [-0.39, 0.29) is 0 Å². The van der Waals surface area contributed by atoms with Crippen molar-refractivity contribution >= 4 is 11.8 Å². The van der Waals surface area contributed by atoms with E-state index in [2.05, 4.69) is 33.6 Å². The number of anilines is 2. The monoisotopic (exact) mass is 246 g/mol. The van der Waals surface area contributed by atoms with E-state index in [9.17, 15) is 0 Å². The van der Waals surface area contributed by atoms with Crippen molar-refractivity contribution < 1.29 is 0 Å². The Labute approximate surface area is 109 Å². The molecule has 0 spiro atoms. The van der Waals surface area contributed by atoms with E-state index in [1.54, 1.807) is 0 Å². The van der Waals surface area contributed by atoms with Crippen LogP contribution in [0.2, 0.25) is 0 Å². The van der Waals surface area contributed by atoms with Crippen molar-refractivity contribution in [2.24, 2.45) is 0 Å². The van der Waals surface area contributed by atoms with Crippen LogP contribution in [0.1, 0.15) is 57.1 Å². The molecule has 3 rings (SSSR count). The molecule has 0 saturated heterocycles. The van der Waals surface area contributed by atoms with Gasteiger partial charge in [-0.1, -0.05) is 12.8 Å². The SMILES string of the molecule is CCNc1cc(C2CC2)nc(NC2CCCC2)n1. The van der Waals surface area contributed by atoms with Crippen molar-refractivity contribution in [2.75, 3.05) is 17.2 Å². The molecule has 0 unspecified atom stereocenters. The minimum absolute atomic E-state index is 0.578. The summed E-state index contributed by atoms with van der Waals surface area (Å²) in [6, 6.07) is 2.69. The van der Waals surface area contributed by atoms with E-state index in [4.69, 9.17) is 0 Å². The molecule has 0 aliphatic heterocycles. The third-order valence-corrected chi connectivity index (χ3v) is 3.79. The largest absolute Gasteiger partial charge is 0.370 e. The van der Waals surface area contributed by atoms with Crippen LogP contribution in [-0.4, -0.2) is 22.6 Å². The summed E-state index contributed by atoms with van der Waals surface area (Å²) >= 11 is 0. The molecule has 98 valence electrons. The zero-order valence-corrected chi connectivity index (χ0v) is 11.1. The van der Waals surface area contributed by atoms with Crippen molar-refractivity contribution in [1.29, 1.82) is 0 Å². The summed E-state index contributed by atoms with van der Waals surface area (Å²) in [5.41, 5.74) is 1.21. The van der Waals surface area contributed by atoms with E-state index in [0.717, 1.165) is 18.3 Å². The molecule has 0 atom stereocenters. The van der Waals surface area contributed by atoms with Crippen LogP contribution in [0.5, 0.6) is 0 Å². The first-order chi connectivity index (χ1) is 8.85. The summed E-state index contributed by atoms with van der Waals surface area (Å²) in [5, 5.41) is 6.81. The van der Waals surface area contributed by atoms with Gasteiger partial charge in [0.1, 0.15) is 5.82 Å². The molecule has 1 aromatic heterocycles. The average molecular weight is 246 g/mol. The van der Waals surface area contributed by atoms with Gasteiger partial charge in [-0.25, -0.2) is 4.98 Å². The quantitative estimate of drug-likeness (QED) is 0.838.